The van der Waals surface area contributed by atoms with Crippen molar-refractivity contribution in [1.82, 2.24) is 4.90 Å². The Morgan fingerprint density at radius 2 is 2.12 bits per heavy atom. The molecule has 1 rings (SSSR count). The summed E-state index contributed by atoms with van der Waals surface area (Å²) in [6.45, 7) is 0.402. The van der Waals surface area contributed by atoms with E-state index in [4.69, 9.17) is 5.73 Å². The van der Waals surface area contributed by atoms with Gasteiger partial charge >= 0.3 is 12.3 Å². The lowest BCUT2D eigenvalue weighted by Gasteiger charge is -2.34. The van der Waals surface area contributed by atoms with Crippen LogP contribution in [0.2, 0.25) is 0 Å². The molecule has 16 heavy (non-hydrogen) atoms. The van der Waals surface area contributed by atoms with Gasteiger partial charge in [0.05, 0.1) is 0 Å². The van der Waals surface area contributed by atoms with Gasteiger partial charge in [-0.2, -0.15) is 8.78 Å². The molecule has 3 nitrogen and oxygen atoms in total. The monoisotopic (exact) mass is 242 g/mol. The molecular formula is C9H14F4N2O. The molecule has 1 atom stereocenters. The molecule has 1 aliphatic heterocycles. The Hall–Kier alpha value is -0.850. The van der Waals surface area contributed by atoms with Crippen LogP contribution in [0.4, 0.5) is 17.6 Å². The fraction of sp³-hybridized carbons (Fsp3) is 0.889. The Kier molecular flexibility index (Phi) is 4.12. The predicted octanol–water partition coefficient (Wildman–Crippen LogP) is 1.08. The van der Waals surface area contributed by atoms with Crippen molar-refractivity contribution in [3.63, 3.8) is 0 Å². The van der Waals surface area contributed by atoms with Crippen LogP contribution in [0, 0.1) is 5.92 Å². The topological polar surface area (TPSA) is 46.3 Å². The van der Waals surface area contributed by atoms with E-state index < -0.39 is 18.3 Å². The first kappa shape index (κ1) is 13.2. The summed E-state index contributed by atoms with van der Waals surface area (Å²) in [4.78, 5) is 12.0. The third-order valence-corrected chi connectivity index (χ3v) is 2.70. The lowest BCUT2D eigenvalue weighted by atomic mass is 9.98. The first-order chi connectivity index (χ1) is 7.39. The summed E-state index contributed by atoms with van der Waals surface area (Å²) in [5.41, 5.74) is 5.36. The Balaban J connectivity index is 2.66. The second-order valence-corrected chi connectivity index (χ2v) is 3.92. The SMILES string of the molecule is NCC1CCCN(C(=O)C(F)(F)C(F)F)C1. The molecule has 2 N–H and O–H groups in total. The summed E-state index contributed by atoms with van der Waals surface area (Å²) >= 11 is 0. The lowest BCUT2D eigenvalue weighted by molar-refractivity contribution is -0.182. The molecule has 0 aromatic heterocycles. The maximum Gasteiger partial charge on any atom is 0.383 e. The van der Waals surface area contributed by atoms with E-state index >= 15 is 0 Å². The van der Waals surface area contributed by atoms with Crippen molar-refractivity contribution in [3.8, 4) is 0 Å². The van der Waals surface area contributed by atoms with Crippen molar-refractivity contribution in [1.29, 1.82) is 0 Å². The molecule has 0 saturated carbocycles. The molecule has 1 unspecified atom stereocenters. The van der Waals surface area contributed by atoms with Crippen molar-refractivity contribution < 1.29 is 22.4 Å². The second kappa shape index (κ2) is 4.99. The Morgan fingerprint density at radius 3 is 2.62 bits per heavy atom. The lowest BCUT2D eigenvalue weighted by Crippen LogP contribution is -2.51. The van der Waals surface area contributed by atoms with E-state index in [1.165, 1.54) is 0 Å². The number of halogens is 4. The largest absolute Gasteiger partial charge is 0.383 e. The Labute approximate surface area is 90.6 Å². The number of hydrogen-bond donors (Lipinski definition) is 1. The van der Waals surface area contributed by atoms with Crippen LogP contribution in [-0.2, 0) is 4.79 Å². The minimum Gasteiger partial charge on any atom is -0.337 e. The third-order valence-electron chi connectivity index (χ3n) is 2.70. The van der Waals surface area contributed by atoms with Crippen LogP contribution in [0.1, 0.15) is 12.8 Å². The van der Waals surface area contributed by atoms with Crippen LogP contribution in [0.25, 0.3) is 0 Å². The van der Waals surface area contributed by atoms with Crippen molar-refractivity contribution in [3.05, 3.63) is 0 Å². The van der Waals surface area contributed by atoms with E-state index in [0.29, 0.717) is 6.42 Å². The molecule has 94 valence electrons. The molecule has 1 amide bonds. The maximum atomic E-state index is 12.8. The highest BCUT2D eigenvalue weighted by atomic mass is 19.3. The number of piperidine rings is 1. The summed E-state index contributed by atoms with van der Waals surface area (Å²) in [6.07, 6.45) is -2.70. The van der Waals surface area contributed by atoms with Gasteiger partial charge in [0.2, 0.25) is 0 Å². The maximum absolute atomic E-state index is 12.8. The van der Waals surface area contributed by atoms with Crippen LogP contribution in [0.15, 0.2) is 0 Å². The molecule has 0 aromatic carbocycles. The molecule has 0 spiro atoms. The quantitative estimate of drug-likeness (QED) is 0.753. The van der Waals surface area contributed by atoms with E-state index in [1.54, 1.807) is 0 Å². The van der Waals surface area contributed by atoms with E-state index in [1.807, 2.05) is 0 Å². The number of rotatable bonds is 3. The first-order valence-corrected chi connectivity index (χ1v) is 5.05. The average molecular weight is 242 g/mol. The minimum atomic E-state index is -4.59. The number of carbonyl (C=O) groups excluding carboxylic acids is 1. The fourth-order valence-corrected chi connectivity index (χ4v) is 1.75. The molecular weight excluding hydrogens is 228 g/mol. The molecule has 1 saturated heterocycles. The first-order valence-electron chi connectivity index (χ1n) is 5.05. The van der Waals surface area contributed by atoms with E-state index in [2.05, 4.69) is 0 Å². The van der Waals surface area contributed by atoms with E-state index in [0.717, 1.165) is 11.3 Å². The molecule has 0 bridgehead atoms. The van der Waals surface area contributed by atoms with Crippen molar-refractivity contribution in [2.45, 2.75) is 25.2 Å². The molecule has 0 aliphatic carbocycles. The van der Waals surface area contributed by atoms with Crippen LogP contribution in [0.5, 0.6) is 0 Å². The van der Waals surface area contributed by atoms with Gasteiger partial charge < -0.3 is 10.6 Å². The average Bonchev–Trinajstić information content (AvgIpc) is 2.27. The van der Waals surface area contributed by atoms with Crippen LogP contribution in [-0.4, -0.2) is 42.8 Å². The molecule has 1 heterocycles. The van der Waals surface area contributed by atoms with Crippen LogP contribution in [0.3, 0.4) is 0 Å². The zero-order valence-electron chi connectivity index (χ0n) is 8.63. The molecule has 1 aliphatic rings. The highest BCUT2D eigenvalue weighted by molar-refractivity contribution is 5.84. The predicted molar refractivity (Wildman–Crippen MR) is 49.3 cm³/mol. The van der Waals surface area contributed by atoms with Gasteiger partial charge in [0.15, 0.2) is 0 Å². The summed E-state index contributed by atoms with van der Waals surface area (Å²) < 4.78 is 49.5. The number of hydrogen-bond acceptors (Lipinski definition) is 2. The standard InChI is InChI=1S/C9H14F4N2O/c10-7(11)9(12,13)8(16)15-3-1-2-6(4-14)5-15/h6-7H,1-5,14H2. The van der Waals surface area contributed by atoms with Crippen molar-refractivity contribution in [2.24, 2.45) is 11.7 Å². The van der Waals surface area contributed by atoms with E-state index in [9.17, 15) is 22.4 Å². The molecule has 0 aromatic rings. The van der Waals surface area contributed by atoms with Gasteiger partial charge in [-0.1, -0.05) is 0 Å². The summed E-state index contributed by atoms with van der Waals surface area (Å²) in [5, 5.41) is 0. The highest BCUT2D eigenvalue weighted by Crippen LogP contribution is 2.27. The number of carbonyl (C=O) groups is 1. The van der Waals surface area contributed by atoms with E-state index in [-0.39, 0.29) is 25.6 Å². The Bertz CT molecular complexity index is 260. The van der Waals surface area contributed by atoms with Crippen LogP contribution >= 0.6 is 0 Å². The zero-order chi connectivity index (χ0) is 12.3. The zero-order valence-corrected chi connectivity index (χ0v) is 8.63. The van der Waals surface area contributed by atoms with Gasteiger partial charge in [0.25, 0.3) is 5.91 Å². The second-order valence-electron chi connectivity index (χ2n) is 3.92. The number of nitrogens with zero attached hydrogens (tertiary/aromatic N) is 1. The molecule has 0 radical (unpaired) electrons. The summed E-state index contributed by atoms with van der Waals surface area (Å²) in [6, 6.07) is 0. The van der Waals surface area contributed by atoms with Gasteiger partial charge in [-0.15, -0.1) is 0 Å². The number of nitrogens with two attached hydrogens (primary N) is 1. The van der Waals surface area contributed by atoms with Crippen molar-refractivity contribution >= 4 is 5.91 Å². The normalized spacial score (nSPS) is 22.6. The van der Waals surface area contributed by atoms with Crippen molar-refractivity contribution in [2.75, 3.05) is 19.6 Å². The highest BCUT2D eigenvalue weighted by Gasteiger charge is 2.51. The third kappa shape index (κ3) is 2.63. The fourth-order valence-electron chi connectivity index (χ4n) is 1.75. The Morgan fingerprint density at radius 1 is 1.50 bits per heavy atom. The molecule has 7 heteroatoms. The molecule has 1 fully saturated rings. The number of likely N-dealkylation sites (tertiary alicyclic amines) is 1. The van der Waals surface area contributed by atoms with Gasteiger partial charge in [-0.25, -0.2) is 8.78 Å². The smallest absolute Gasteiger partial charge is 0.337 e. The minimum absolute atomic E-state index is 0.0393. The summed E-state index contributed by atoms with van der Waals surface area (Å²) in [7, 11) is 0. The van der Waals surface area contributed by atoms with Gasteiger partial charge in [0, 0.05) is 13.1 Å². The number of amides is 1. The number of alkyl halides is 4. The van der Waals surface area contributed by atoms with Gasteiger partial charge in [0.1, 0.15) is 0 Å². The van der Waals surface area contributed by atoms with Gasteiger partial charge in [-0.05, 0) is 25.3 Å². The van der Waals surface area contributed by atoms with Crippen LogP contribution < -0.4 is 5.73 Å². The van der Waals surface area contributed by atoms with Gasteiger partial charge in [-0.3, -0.25) is 4.79 Å². The summed E-state index contributed by atoms with van der Waals surface area (Å²) in [5.74, 6) is -6.46.